The molecule has 0 spiro atoms. The monoisotopic (exact) mass is 308 g/mol. The van der Waals surface area contributed by atoms with Crippen LogP contribution in [0.2, 0.25) is 0 Å². The van der Waals surface area contributed by atoms with E-state index in [-0.39, 0.29) is 18.0 Å². The topological polar surface area (TPSA) is 52.6 Å². The van der Waals surface area contributed by atoms with Gasteiger partial charge < -0.3 is 10.4 Å². The fraction of sp³-hybridized carbons (Fsp3) is 0.688. The summed E-state index contributed by atoms with van der Waals surface area (Å²) in [6, 6.07) is 2.07. The zero-order valence-corrected chi connectivity index (χ0v) is 13.4. The van der Waals surface area contributed by atoms with Crippen LogP contribution >= 0.6 is 11.3 Å². The van der Waals surface area contributed by atoms with Crippen molar-refractivity contribution in [3.05, 3.63) is 21.9 Å². The molecule has 0 radical (unpaired) electrons. The lowest BCUT2D eigenvalue weighted by atomic mass is 9.87. The third-order valence-corrected chi connectivity index (χ3v) is 5.83. The lowest BCUT2D eigenvalue weighted by molar-refractivity contribution is 0.00708. The number of aliphatic hydroxyl groups is 1. The summed E-state index contributed by atoms with van der Waals surface area (Å²) in [7, 11) is 0. The Labute approximate surface area is 130 Å². The van der Waals surface area contributed by atoms with Crippen LogP contribution in [0, 0.1) is 6.92 Å². The van der Waals surface area contributed by atoms with Gasteiger partial charge in [-0.1, -0.05) is 0 Å². The quantitative estimate of drug-likeness (QED) is 0.900. The van der Waals surface area contributed by atoms with Gasteiger partial charge >= 0.3 is 0 Å². The normalized spacial score (nSPS) is 30.5. The van der Waals surface area contributed by atoms with Gasteiger partial charge in [0.2, 0.25) is 0 Å². The Balaban J connectivity index is 1.64. The van der Waals surface area contributed by atoms with Gasteiger partial charge in [-0.05, 0) is 69.1 Å². The summed E-state index contributed by atoms with van der Waals surface area (Å²) in [4.78, 5) is 15.5. The van der Waals surface area contributed by atoms with Gasteiger partial charge in [0.15, 0.2) is 0 Å². The Morgan fingerprint density at radius 1 is 1.33 bits per heavy atom. The van der Waals surface area contributed by atoms with E-state index in [1.54, 1.807) is 0 Å². The Kier molecular flexibility index (Phi) is 4.62. The number of aryl methyl sites for hydroxylation is 1. The standard InChI is InChI=1S/C16H24N2O2S/c1-11-7-10-21-15(11)16(20)17-12-5-4-6-13(14(12)19)18-8-2-3-9-18/h7,10,12-14,19H,2-6,8-9H2,1H3,(H,17,20)/t12-,13-,14-/m1/s1. The fourth-order valence-electron chi connectivity index (χ4n) is 3.63. The van der Waals surface area contributed by atoms with Gasteiger partial charge in [-0.15, -0.1) is 11.3 Å². The molecular formula is C16H24N2O2S. The van der Waals surface area contributed by atoms with E-state index >= 15 is 0 Å². The predicted molar refractivity (Wildman–Crippen MR) is 84.8 cm³/mol. The minimum Gasteiger partial charge on any atom is -0.389 e. The smallest absolute Gasteiger partial charge is 0.261 e. The molecule has 1 saturated carbocycles. The van der Waals surface area contributed by atoms with Crippen molar-refractivity contribution >= 4 is 17.2 Å². The molecule has 0 unspecified atom stereocenters. The SMILES string of the molecule is Cc1ccsc1C(=O)N[C@@H]1CCC[C@@H](N2CCCC2)[C@@H]1O. The molecule has 1 aromatic heterocycles. The molecule has 4 nitrogen and oxygen atoms in total. The second-order valence-electron chi connectivity index (χ2n) is 6.24. The summed E-state index contributed by atoms with van der Waals surface area (Å²) in [6.07, 6.45) is 5.02. The molecule has 1 aliphatic heterocycles. The molecule has 1 saturated heterocycles. The van der Waals surface area contributed by atoms with E-state index in [0.717, 1.165) is 42.8 Å². The van der Waals surface area contributed by atoms with Crippen molar-refractivity contribution in [2.24, 2.45) is 0 Å². The van der Waals surface area contributed by atoms with Crippen molar-refractivity contribution in [3.63, 3.8) is 0 Å². The summed E-state index contributed by atoms with van der Waals surface area (Å²) in [5.74, 6) is -0.0337. The molecule has 5 heteroatoms. The molecule has 1 amide bonds. The van der Waals surface area contributed by atoms with Crippen molar-refractivity contribution < 1.29 is 9.90 Å². The minimum absolute atomic E-state index is 0.0337. The molecule has 2 N–H and O–H groups in total. The molecule has 2 aliphatic rings. The number of aliphatic hydroxyl groups excluding tert-OH is 1. The van der Waals surface area contributed by atoms with Gasteiger partial charge in [-0.2, -0.15) is 0 Å². The summed E-state index contributed by atoms with van der Waals surface area (Å²) < 4.78 is 0. The van der Waals surface area contributed by atoms with Crippen molar-refractivity contribution in [2.45, 2.75) is 57.2 Å². The summed E-state index contributed by atoms with van der Waals surface area (Å²) in [6.45, 7) is 4.13. The Morgan fingerprint density at radius 3 is 2.76 bits per heavy atom. The number of hydrogen-bond acceptors (Lipinski definition) is 4. The van der Waals surface area contributed by atoms with Crippen molar-refractivity contribution in [1.29, 1.82) is 0 Å². The van der Waals surface area contributed by atoms with E-state index in [1.807, 2.05) is 18.4 Å². The van der Waals surface area contributed by atoms with Crippen LogP contribution in [0.25, 0.3) is 0 Å². The predicted octanol–water partition coefficient (Wildman–Crippen LogP) is 2.16. The van der Waals surface area contributed by atoms with Crippen LogP contribution < -0.4 is 5.32 Å². The zero-order valence-electron chi connectivity index (χ0n) is 12.5. The third kappa shape index (κ3) is 3.15. The van der Waals surface area contributed by atoms with E-state index in [9.17, 15) is 9.90 Å². The molecule has 2 heterocycles. The van der Waals surface area contributed by atoms with Crippen molar-refractivity contribution in [3.8, 4) is 0 Å². The van der Waals surface area contributed by atoms with Gasteiger partial charge in [-0.3, -0.25) is 9.69 Å². The Bertz CT molecular complexity index is 496. The van der Waals surface area contributed by atoms with Gasteiger partial charge in [0.05, 0.1) is 17.0 Å². The number of hydrogen-bond donors (Lipinski definition) is 2. The highest BCUT2D eigenvalue weighted by Gasteiger charge is 2.37. The molecule has 0 aromatic carbocycles. The first kappa shape index (κ1) is 15.0. The molecule has 2 fully saturated rings. The maximum Gasteiger partial charge on any atom is 0.261 e. The molecule has 0 bridgehead atoms. The van der Waals surface area contributed by atoms with E-state index in [1.165, 1.54) is 24.2 Å². The summed E-state index contributed by atoms with van der Waals surface area (Å²) >= 11 is 1.47. The van der Waals surface area contributed by atoms with E-state index in [0.29, 0.717) is 0 Å². The fourth-order valence-corrected chi connectivity index (χ4v) is 4.45. The molecule has 1 aliphatic carbocycles. The van der Waals surface area contributed by atoms with Crippen molar-refractivity contribution in [2.75, 3.05) is 13.1 Å². The van der Waals surface area contributed by atoms with E-state index < -0.39 is 6.10 Å². The van der Waals surface area contributed by atoms with Crippen LogP contribution in [0.5, 0.6) is 0 Å². The average molecular weight is 308 g/mol. The highest BCUT2D eigenvalue weighted by Crippen LogP contribution is 2.27. The average Bonchev–Trinajstić information content (AvgIpc) is 3.12. The number of nitrogens with zero attached hydrogens (tertiary/aromatic N) is 1. The third-order valence-electron chi connectivity index (χ3n) is 4.82. The maximum absolute atomic E-state index is 12.3. The van der Waals surface area contributed by atoms with Crippen LogP contribution in [0.3, 0.4) is 0 Å². The first-order valence-corrected chi connectivity index (χ1v) is 8.82. The number of carbonyl (C=O) groups excluding carboxylic acids is 1. The van der Waals surface area contributed by atoms with Gasteiger partial charge in [0.1, 0.15) is 0 Å². The lowest BCUT2D eigenvalue weighted by Gasteiger charge is -2.40. The summed E-state index contributed by atoms with van der Waals surface area (Å²) in [5.41, 5.74) is 1.01. The van der Waals surface area contributed by atoms with Crippen LogP contribution in [0.15, 0.2) is 11.4 Å². The zero-order chi connectivity index (χ0) is 14.8. The largest absolute Gasteiger partial charge is 0.389 e. The number of carbonyl (C=O) groups is 1. The van der Waals surface area contributed by atoms with Gasteiger partial charge in [0, 0.05) is 6.04 Å². The maximum atomic E-state index is 12.3. The Hall–Kier alpha value is -0.910. The van der Waals surface area contributed by atoms with Crippen LogP contribution in [-0.2, 0) is 0 Å². The van der Waals surface area contributed by atoms with E-state index in [4.69, 9.17) is 0 Å². The number of amides is 1. The second-order valence-corrected chi connectivity index (χ2v) is 7.16. The second kappa shape index (κ2) is 6.46. The summed E-state index contributed by atoms with van der Waals surface area (Å²) in [5, 5.41) is 15.7. The highest BCUT2D eigenvalue weighted by molar-refractivity contribution is 7.12. The number of nitrogens with one attached hydrogen (secondary N) is 1. The van der Waals surface area contributed by atoms with Gasteiger partial charge in [-0.25, -0.2) is 0 Å². The molecule has 21 heavy (non-hydrogen) atoms. The number of thiophene rings is 1. The number of rotatable bonds is 3. The first-order valence-electron chi connectivity index (χ1n) is 7.94. The Morgan fingerprint density at radius 2 is 2.10 bits per heavy atom. The van der Waals surface area contributed by atoms with Crippen LogP contribution in [0.4, 0.5) is 0 Å². The first-order chi connectivity index (χ1) is 10.2. The minimum atomic E-state index is -0.443. The number of likely N-dealkylation sites (tertiary alicyclic amines) is 1. The van der Waals surface area contributed by atoms with Crippen LogP contribution in [0.1, 0.15) is 47.3 Å². The molecule has 3 atom stereocenters. The lowest BCUT2D eigenvalue weighted by Crippen LogP contribution is -2.56. The molecule has 116 valence electrons. The molecule has 1 aromatic rings. The molecular weight excluding hydrogens is 284 g/mol. The molecule has 3 rings (SSSR count). The van der Waals surface area contributed by atoms with Crippen LogP contribution in [-0.4, -0.2) is 47.2 Å². The van der Waals surface area contributed by atoms with Crippen molar-refractivity contribution in [1.82, 2.24) is 10.2 Å². The van der Waals surface area contributed by atoms with Gasteiger partial charge in [0.25, 0.3) is 5.91 Å². The highest BCUT2D eigenvalue weighted by atomic mass is 32.1. The van der Waals surface area contributed by atoms with E-state index in [2.05, 4.69) is 10.2 Å².